The van der Waals surface area contributed by atoms with Crippen molar-refractivity contribution in [3.8, 4) is 0 Å². The Bertz CT molecular complexity index is 1690. The van der Waals surface area contributed by atoms with E-state index in [1.54, 1.807) is 35.2 Å². The third kappa shape index (κ3) is 9.93. The van der Waals surface area contributed by atoms with Gasteiger partial charge in [0.25, 0.3) is 0 Å². The first kappa shape index (κ1) is 36.6. The van der Waals surface area contributed by atoms with Gasteiger partial charge in [0, 0.05) is 19.0 Å². The lowest BCUT2D eigenvalue weighted by atomic mass is 9.86. The molecular weight excluding hydrogens is 650 g/mol. The van der Waals surface area contributed by atoms with Gasteiger partial charge in [-0.05, 0) is 54.7 Å². The SMILES string of the molecule is N=C(N)NCC[C@H](NC(=O)C1C[C@@H](Cc2ccccc2)[C@@H]2CCC(NC(=O)Cc3ccccc3)C(=O)N12)C(=O)N[C@@H](Cc1ccccc1)C(=O)O. The summed E-state index contributed by atoms with van der Waals surface area (Å²) < 4.78 is 0. The van der Waals surface area contributed by atoms with Gasteiger partial charge in [-0.3, -0.25) is 24.6 Å². The van der Waals surface area contributed by atoms with Gasteiger partial charge in [0.05, 0.1) is 6.42 Å². The predicted octanol–water partition coefficient (Wildman–Crippen LogP) is 1.51. The normalized spacial score (nSPS) is 20.7. The van der Waals surface area contributed by atoms with Crippen LogP contribution in [0.1, 0.15) is 42.4 Å². The van der Waals surface area contributed by atoms with Crippen LogP contribution in [0, 0.1) is 11.3 Å². The third-order valence-electron chi connectivity index (χ3n) is 9.53. The van der Waals surface area contributed by atoms with E-state index in [0.29, 0.717) is 31.2 Å². The monoisotopic (exact) mass is 695 g/mol. The Morgan fingerprint density at radius 2 is 1.45 bits per heavy atom. The summed E-state index contributed by atoms with van der Waals surface area (Å²) in [6.45, 7) is 0.0478. The van der Waals surface area contributed by atoms with Crippen molar-refractivity contribution in [2.45, 2.75) is 75.2 Å². The highest BCUT2D eigenvalue weighted by atomic mass is 16.4. The topological polar surface area (TPSA) is 207 Å². The van der Waals surface area contributed by atoms with Crippen LogP contribution in [0.2, 0.25) is 0 Å². The zero-order valence-corrected chi connectivity index (χ0v) is 28.3. The number of carboxylic acids is 1. The van der Waals surface area contributed by atoms with Crippen molar-refractivity contribution >= 4 is 35.6 Å². The van der Waals surface area contributed by atoms with Gasteiger partial charge < -0.3 is 37.0 Å². The number of carbonyl (C=O) groups excluding carboxylic acids is 4. The highest BCUT2D eigenvalue weighted by Crippen LogP contribution is 2.39. The van der Waals surface area contributed by atoms with Crippen LogP contribution < -0.4 is 27.0 Å². The molecule has 8 N–H and O–H groups in total. The van der Waals surface area contributed by atoms with Crippen molar-refractivity contribution in [3.05, 3.63) is 108 Å². The van der Waals surface area contributed by atoms with Crippen molar-refractivity contribution < 1.29 is 29.1 Å². The molecule has 0 aliphatic carbocycles. The summed E-state index contributed by atoms with van der Waals surface area (Å²) in [5, 5.41) is 28.3. The second-order valence-electron chi connectivity index (χ2n) is 13.2. The Labute approximate surface area is 296 Å². The first-order valence-electron chi connectivity index (χ1n) is 17.2. The minimum absolute atomic E-state index is 0.00939. The standard InChI is InChI=1S/C38H45N7O6/c39-38(40)41-19-18-28(34(47)44-30(37(50)51)21-25-12-6-2-7-13-25)43-35(48)32-23-27(20-24-10-4-1-5-11-24)31-17-16-29(36(49)45(31)32)42-33(46)22-26-14-8-3-9-15-26/h1-15,27-32H,16-23H2,(H,42,46)(H,43,48)(H,44,47)(H,50,51)(H4,39,40,41)/t27-,28+,29?,30+,31+,32?/m1/s1. The van der Waals surface area contributed by atoms with Crippen molar-refractivity contribution in [2.24, 2.45) is 11.7 Å². The van der Waals surface area contributed by atoms with Crippen molar-refractivity contribution in [1.82, 2.24) is 26.2 Å². The van der Waals surface area contributed by atoms with E-state index in [9.17, 15) is 29.1 Å². The Morgan fingerprint density at radius 3 is 2.06 bits per heavy atom. The average Bonchev–Trinajstić information content (AvgIpc) is 3.48. The van der Waals surface area contributed by atoms with Gasteiger partial charge in [0.15, 0.2) is 5.96 Å². The molecule has 2 saturated heterocycles. The summed E-state index contributed by atoms with van der Waals surface area (Å²) >= 11 is 0. The summed E-state index contributed by atoms with van der Waals surface area (Å²) in [5.74, 6) is -3.53. The number of carboxylic acid groups (broad SMARTS) is 1. The molecule has 13 nitrogen and oxygen atoms in total. The van der Waals surface area contributed by atoms with E-state index < -0.39 is 42.0 Å². The molecule has 268 valence electrons. The minimum Gasteiger partial charge on any atom is -0.480 e. The summed E-state index contributed by atoms with van der Waals surface area (Å²) in [6, 6.07) is 23.4. The fourth-order valence-corrected chi connectivity index (χ4v) is 7.09. The molecule has 2 heterocycles. The zero-order valence-electron chi connectivity index (χ0n) is 28.3. The van der Waals surface area contributed by atoms with Crippen LogP contribution in [-0.4, -0.2) is 82.3 Å². The number of aliphatic carboxylic acids is 1. The van der Waals surface area contributed by atoms with E-state index in [4.69, 9.17) is 11.1 Å². The number of benzene rings is 3. The van der Waals surface area contributed by atoms with Gasteiger partial charge in [-0.25, -0.2) is 4.79 Å². The first-order chi connectivity index (χ1) is 24.6. The van der Waals surface area contributed by atoms with E-state index in [2.05, 4.69) is 21.3 Å². The second-order valence-corrected chi connectivity index (χ2v) is 13.2. The predicted molar refractivity (Wildman–Crippen MR) is 190 cm³/mol. The van der Waals surface area contributed by atoms with Gasteiger partial charge in [0.2, 0.25) is 23.6 Å². The van der Waals surface area contributed by atoms with Gasteiger partial charge >= 0.3 is 5.97 Å². The van der Waals surface area contributed by atoms with Crippen LogP contribution >= 0.6 is 0 Å². The van der Waals surface area contributed by atoms with Crippen molar-refractivity contribution in [3.63, 3.8) is 0 Å². The molecule has 51 heavy (non-hydrogen) atoms. The lowest BCUT2D eigenvalue weighted by Gasteiger charge is -2.39. The smallest absolute Gasteiger partial charge is 0.326 e. The number of nitrogens with one attached hydrogen (secondary N) is 5. The number of fused-ring (bicyclic) bond motifs is 1. The zero-order chi connectivity index (χ0) is 36.3. The molecule has 2 fully saturated rings. The van der Waals surface area contributed by atoms with Crippen LogP contribution in [0.4, 0.5) is 0 Å². The van der Waals surface area contributed by atoms with Gasteiger partial charge in [-0.1, -0.05) is 91.0 Å². The van der Waals surface area contributed by atoms with E-state index in [-0.39, 0.29) is 55.5 Å². The molecule has 3 aromatic carbocycles. The molecule has 0 spiro atoms. The number of piperidine rings is 1. The molecule has 0 aromatic heterocycles. The highest BCUT2D eigenvalue weighted by Gasteiger charge is 2.51. The van der Waals surface area contributed by atoms with Crippen LogP contribution in [0.5, 0.6) is 0 Å². The Kier molecular flexibility index (Phi) is 12.4. The Morgan fingerprint density at radius 1 is 0.843 bits per heavy atom. The van der Waals surface area contributed by atoms with Gasteiger partial charge in [-0.2, -0.15) is 0 Å². The quantitative estimate of drug-likeness (QED) is 0.0914. The Hall–Kier alpha value is -5.72. The molecule has 6 atom stereocenters. The molecule has 13 heteroatoms. The summed E-state index contributed by atoms with van der Waals surface area (Å²) in [6.07, 6.45) is 2.12. The molecule has 0 saturated carbocycles. The van der Waals surface area contributed by atoms with Crippen LogP contribution in [-0.2, 0) is 43.2 Å². The molecule has 3 aromatic rings. The molecule has 2 aliphatic heterocycles. The van der Waals surface area contributed by atoms with E-state index >= 15 is 0 Å². The molecule has 2 unspecified atom stereocenters. The van der Waals surface area contributed by atoms with Crippen LogP contribution in [0.15, 0.2) is 91.0 Å². The summed E-state index contributed by atoms with van der Waals surface area (Å²) in [7, 11) is 0. The number of rotatable bonds is 15. The van der Waals surface area contributed by atoms with Crippen molar-refractivity contribution in [1.29, 1.82) is 5.41 Å². The number of hydrogen-bond donors (Lipinski definition) is 7. The number of hydrogen-bond acceptors (Lipinski definition) is 6. The number of amides is 4. The first-order valence-corrected chi connectivity index (χ1v) is 17.2. The number of carbonyl (C=O) groups is 5. The Balaban J connectivity index is 1.34. The van der Waals surface area contributed by atoms with Crippen molar-refractivity contribution in [2.75, 3.05) is 6.54 Å². The van der Waals surface area contributed by atoms with Gasteiger partial charge in [-0.15, -0.1) is 0 Å². The molecule has 5 rings (SSSR count). The number of guanidine groups is 1. The van der Waals surface area contributed by atoms with Gasteiger partial charge in [0.1, 0.15) is 24.2 Å². The van der Waals surface area contributed by atoms with E-state index in [1.807, 2.05) is 60.7 Å². The fraction of sp³-hybridized carbons (Fsp3) is 0.368. The fourth-order valence-electron chi connectivity index (χ4n) is 7.09. The molecule has 0 bridgehead atoms. The van der Waals surface area contributed by atoms with E-state index in [1.165, 1.54) is 0 Å². The lowest BCUT2D eigenvalue weighted by molar-refractivity contribution is -0.147. The maximum Gasteiger partial charge on any atom is 0.326 e. The summed E-state index contributed by atoms with van der Waals surface area (Å²) in [4.78, 5) is 68.6. The van der Waals surface area contributed by atoms with Crippen LogP contribution in [0.3, 0.4) is 0 Å². The molecular formula is C38H45N7O6. The summed E-state index contributed by atoms with van der Waals surface area (Å²) in [5.41, 5.74) is 8.04. The lowest BCUT2D eigenvalue weighted by Crippen LogP contribution is -2.61. The van der Waals surface area contributed by atoms with E-state index in [0.717, 1.165) is 11.1 Å². The maximum absolute atomic E-state index is 14.2. The second kappa shape index (κ2) is 17.3. The molecule has 4 amide bonds. The third-order valence-corrected chi connectivity index (χ3v) is 9.53. The highest BCUT2D eigenvalue weighted by molar-refractivity contribution is 5.96. The average molecular weight is 696 g/mol. The largest absolute Gasteiger partial charge is 0.480 e. The maximum atomic E-state index is 14.2. The van der Waals surface area contributed by atoms with Crippen LogP contribution in [0.25, 0.3) is 0 Å². The number of nitrogens with zero attached hydrogens (tertiary/aromatic N) is 1. The molecule has 0 radical (unpaired) electrons. The number of nitrogens with two attached hydrogens (primary N) is 1. The minimum atomic E-state index is -1.27. The molecule has 2 aliphatic rings.